The second kappa shape index (κ2) is 9.67. The number of carbonyl (C=O) groups is 2. The third-order valence-corrected chi connectivity index (χ3v) is 5.30. The second-order valence-electron chi connectivity index (χ2n) is 7.56. The fourth-order valence-electron chi connectivity index (χ4n) is 3.42. The van der Waals surface area contributed by atoms with E-state index in [1.807, 2.05) is 66.2 Å². The number of amides is 2. The van der Waals surface area contributed by atoms with Crippen molar-refractivity contribution in [1.82, 2.24) is 9.80 Å². The van der Waals surface area contributed by atoms with Gasteiger partial charge in [0.15, 0.2) is 0 Å². The monoisotopic (exact) mass is 395 g/mol. The molecule has 1 saturated heterocycles. The third-order valence-electron chi connectivity index (χ3n) is 5.30. The van der Waals surface area contributed by atoms with Crippen LogP contribution in [0.3, 0.4) is 0 Å². The largest absolute Gasteiger partial charge is 0.375 e. The molecule has 2 aromatic carbocycles. The van der Waals surface area contributed by atoms with Gasteiger partial charge in [-0.05, 0) is 50.7 Å². The quantitative estimate of drug-likeness (QED) is 0.816. The first-order valence-electron chi connectivity index (χ1n) is 10.00. The van der Waals surface area contributed by atoms with Gasteiger partial charge in [0.25, 0.3) is 5.91 Å². The van der Waals surface area contributed by atoms with Gasteiger partial charge in [-0.1, -0.05) is 30.3 Å². The van der Waals surface area contributed by atoms with Gasteiger partial charge in [-0.25, -0.2) is 0 Å². The maximum Gasteiger partial charge on any atom is 0.255 e. The number of anilines is 1. The lowest BCUT2D eigenvalue weighted by Crippen LogP contribution is -2.48. The number of morpholine rings is 1. The Kier molecular flexibility index (Phi) is 7.01. The zero-order valence-electron chi connectivity index (χ0n) is 17.3. The Hall–Kier alpha value is -2.70. The van der Waals surface area contributed by atoms with E-state index in [2.05, 4.69) is 12.2 Å². The van der Waals surface area contributed by atoms with Gasteiger partial charge in [-0.15, -0.1) is 0 Å². The van der Waals surface area contributed by atoms with Crippen LogP contribution < -0.4 is 5.32 Å². The summed E-state index contributed by atoms with van der Waals surface area (Å²) >= 11 is 0. The lowest BCUT2D eigenvalue weighted by atomic mass is 10.1. The van der Waals surface area contributed by atoms with E-state index in [-0.39, 0.29) is 24.0 Å². The molecule has 2 unspecified atom stereocenters. The highest BCUT2D eigenvalue weighted by molar-refractivity contribution is 6.04. The molecular weight excluding hydrogens is 366 g/mol. The van der Waals surface area contributed by atoms with Crippen molar-refractivity contribution in [2.75, 3.05) is 38.6 Å². The van der Waals surface area contributed by atoms with E-state index >= 15 is 0 Å². The molecule has 0 radical (unpaired) electrons. The molecule has 29 heavy (non-hydrogen) atoms. The van der Waals surface area contributed by atoms with Crippen LogP contribution in [0.15, 0.2) is 54.6 Å². The maximum atomic E-state index is 12.6. The number of rotatable bonds is 6. The van der Waals surface area contributed by atoms with Crippen LogP contribution in [0.2, 0.25) is 0 Å². The Labute approximate surface area is 172 Å². The van der Waals surface area contributed by atoms with E-state index in [1.54, 1.807) is 12.1 Å². The highest BCUT2D eigenvalue weighted by atomic mass is 16.5. The predicted octanol–water partition coefficient (Wildman–Crippen LogP) is 3.18. The predicted molar refractivity (Wildman–Crippen MR) is 114 cm³/mol. The Morgan fingerprint density at radius 1 is 1.21 bits per heavy atom. The van der Waals surface area contributed by atoms with Crippen molar-refractivity contribution in [2.24, 2.45) is 0 Å². The van der Waals surface area contributed by atoms with E-state index in [0.29, 0.717) is 31.8 Å². The molecule has 0 bridgehead atoms. The van der Waals surface area contributed by atoms with Crippen LogP contribution in [0.4, 0.5) is 5.69 Å². The highest BCUT2D eigenvalue weighted by Gasteiger charge is 2.24. The summed E-state index contributed by atoms with van der Waals surface area (Å²) in [6.45, 7) is 6.27. The summed E-state index contributed by atoms with van der Waals surface area (Å²) in [5.41, 5.74) is 2.40. The van der Waals surface area contributed by atoms with Crippen molar-refractivity contribution >= 4 is 17.5 Å². The van der Waals surface area contributed by atoms with Crippen molar-refractivity contribution in [3.63, 3.8) is 0 Å². The molecule has 6 heteroatoms. The van der Waals surface area contributed by atoms with Gasteiger partial charge < -0.3 is 15.0 Å². The molecule has 0 aliphatic carbocycles. The third kappa shape index (κ3) is 5.65. The summed E-state index contributed by atoms with van der Waals surface area (Å²) < 4.78 is 5.51. The normalized spacial score (nSPS) is 17.8. The standard InChI is InChI=1S/C23H29N3O3/c1-17-15-26(12-13-29-17)22(27)16-25(3)18(2)20-10-7-11-21(14-20)24-23(28)19-8-5-4-6-9-19/h4-11,14,17-18H,12-13,15-16H2,1-3H3,(H,24,28). The Bertz CT molecular complexity index is 840. The number of benzene rings is 2. The molecule has 1 N–H and O–H groups in total. The van der Waals surface area contributed by atoms with Crippen LogP contribution in [0, 0.1) is 0 Å². The van der Waals surface area contributed by atoms with Crippen LogP contribution in [0.5, 0.6) is 0 Å². The van der Waals surface area contributed by atoms with Crippen LogP contribution in [0.1, 0.15) is 35.8 Å². The molecule has 2 aromatic rings. The van der Waals surface area contributed by atoms with Gasteiger partial charge in [0.1, 0.15) is 0 Å². The van der Waals surface area contributed by atoms with Gasteiger partial charge in [0.05, 0.1) is 19.3 Å². The number of nitrogens with one attached hydrogen (secondary N) is 1. The lowest BCUT2D eigenvalue weighted by molar-refractivity contribution is -0.139. The number of hydrogen-bond acceptors (Lipinski definition) is 4. The molecule has 0 spiro atoms. The first-order chi connectivity index (χ1) is 13.9. The molecule has 0 aromatic heterocycles. The molecule has 6 nitrogen and oxygen atoms in total. The van der Waals surface area contributed by atoms with Gasteiger partial charge in [0, 0.05) is 30.4 Å². The minimum absolute atomic E-state index is 0.0333. The highest BCUT2D eigenvalue weighted by Crippen LogP contribution is 2.22. The fraction of sp³-hybridized carbons (Fsp3) is 0.391. The van der Waals surface area contributed by atoms with Gasteiger partial charge in [-0.2, -0.15) is 0 Å². The van der Waals surface area contributed by atoms with Crippen LogP contribution in [-0.2, 0) is 9.53 Å². The topological polar surface area (TPSA) is 61.9 Å². The minimum Gasteiger partial charge on any atom is -0.375 e. The molecule has 0 saturated carbocycles. The molecular formula is C23H29N3O3. The van der Waals surface area contributed by atoms with Gasteiger partial charge in [0.2, 0.25) is 5.91 Å². The fourth-order valence-corrected chi connectivity index (χ4v) is 3.42. The van der Waals surface area contributed by atoms with E-state index in [9.17, 15) is 9.59 Å². The smallest absolute Gasteiger partial charge is 0.255 e. The SMILES string of the molecule is CC1CN(C(=O)CN(C)C(C)c2cccc(NC(=O)c3ccccc3)c2)CCO1. The Balaban J connectivity index is 1.61. The van der Waals surface area contributed by atoms with Crippen LogP contribution >= 0.6 is 0 Å². The number of nitrogens with zero attached hydrogens (tertiary/aromatic N) is 2. The Morgan fingerprint density at radius 3 is 2.69 bits per heavy atom. The van der Waals surface area contributed by atoms with Crippen LogP contribution in [0.25, 0.3) is 0 Å². The van der Waals surface area contributed by atoms with Gasteiger partial charge >= 0.3 is 0 Å². The Morgan fingerprint density at radius 2 is 1.97 bits per heavy atom. The summed E-state index contributed by atoms with van der Waals surface area (Å²) in [5, 5.41) is 2.94. The number of likely N-dealkylation sites (N-methyl/N-ethyl adjacent to an activating group) is 1. The first kappa shape index (κ1) is 21.0. The van der Waals surface area contributed by atoms with Crippen molar-refractivity contribution in [3.8, 4) is 0 Å². The first-order valence-corrected chi connectivity index (χ1v) is 10.00. The molecule has 1 heterocycles. The maximum absolute atomic E-state index is 12.6. The minimum atomic E-state index is -0.139. The number of ether oxygens (including phenoxy) is 1. The summed E-state index contributed by atoms with van der Waals surface area (Å²) in [7, 11) is 1.95. The molecule has 1 aliphatic rings. The average molecular weight is 396 g/mol. The zero-order chi connectivity index (χ0) is 20.8. The molecule has 1 fully saturated rings. The molecule has 1 aliphatic heterocycles. The summed E-state index contributed by atoms with van der Waals surface area (Å²) in [4.78, 5) is 28.9. The molecule has 3 rings (SSSR count). The molecule has 154 valence electrons. The van der Waals surface area contributed by atoms with E-state index in [0.717, 1.165) is 11.3 Å². The molecule has 2 amide bonds. The summed E-state index contributed by atoms with van der Waals surface area (Å²) in [5.74, 6) is -0.0246. The molecule has 2 atom stereocenters. The van der Waals surface area contributed by atoms with Crippen LogP contribution in [-0.4, -0.2) is 61.0 Å². The summed E-state index contributed by atoms with van der Waals surface area (Å²) in [6.07, 6.45) is 0.0836. The summed E-state index contributed by atoms with van der Waals surface area (Å²) in [6, 6.07) is 16.9. The average Bonchev–Trinajstić information content (AvgIpc) is 2.74. The van der Waals surface area contributed by atoms with Gasteiger partial charge in [-0.3, -0.25) is 14.5 Å². The van der Waals surface area contributed by atoms with Crippen molar-refractivity contribution in [2.45, 2.75) is 26.0 Å². The second-order valence-corrected chi connectivity index (χ2v) is 7.56. The van der Waals surface area contributed by atoms with E-state index in [4.69, 9.17) is 4.74 Å². The number of carbonyl (C=O) groups excluding carboxylic acids is 2. The van der Waals surface area contributed by atoms with Crippen molar-refractivity contribution in [1.29, 1.82) is 0 Å². The number of hydrogen-bond donors (Lipinski definition) is 1. The van der Waals surface area contributed by atoms with E-state index in [1.165, 1.54) is 0 Å². The van der Waals surface area contributed by atoms with Crippen molar-refractivity contribution < 1.29 is 14.3 Å². The van der Waals surface area contributed by atoms with E-state index < -0.39 is 0 Å². The zero-order valence-corrected chi connectivity index (χ0v) is 17.3. The lowest BCUT2D eigenvalue weighted by Gasteiger charge is -2.33. The van der Waals surface area contributed by atoms with Crippen molar-refractivity contribution in [3.05, 3.63) is 65.7 Å².